The predicted octanol–water partition coefficient (Wildman–Crippen LogP) is 0.966. The lowest BCUT2D eigenvalue weighted by Crippen LogP contribution is -1.66. The summed E-state index contributed by atoms with van der Waals surface area (Å²) in [6.45, 7) is 0. The van der Waals surface area contributed by atoms with E-state index in [1.165, 1.54) is 6.20 Å². The normalized spacial score (nSPS) is 9.12. The van der Waals surface area contributed by atoms with Crippen LogP contribution in [0.2, 0.25) is 0 Å². The smallest absolute Gasteiger partial charge is 0.191 e. The van der Waals surface area contributed by atoms with Gasteiger partial charge in [0, 0.05) is 17.8 Å². The van der Waals surface area contributed by atoms with Crippen LogP contribution in [0.15, 0.2) is 12.3 Å². The third kappa shape index (κ3) is 0.753. The minimum Gasteiger partial charge on any atom is -0.338 e. The number of aromatic nitrogens is 1. The van der Waals surface area contributed by atoms with E-state index in [4.69, 9.17) is 0 Å². The van der Waals surface area contributed by atoms with Crippen molar-refractivity contribution in [3.05, 3.63) is 23.8 Å². The highest BCUT2D eigenvalue weighted by molar-refractivity contribution is 5.74. The Hall–Kier alpha value is -1.12. The summed E-state index contributed by atoms with van der Waals surface area (Å²) in [5.41, 5.74) is 0.336. The summed E-state index contributed by atoms with van der Waals surface area (Å²) in [6, 6.07) is 1.13. The van der Waals surface area contributed by atoms with Crippen LogP contribution in [-0.2, 0) is 0 Å². The van der Waals surface area contributed by atoms with Gasteiger partial charge in [-0.15, -0.1) is 0 Å². The summed E-state index contributed by atoms with van der Waals surface area (Å²) >= 11 is 0. The lowest BCUT2D eigenvalue weighted by molar-refractivity contribution is 0.112. The van der Waals surface area contributed by atoms with Crippen LogP contribution >= 0.6 is 0 Å². The quantitative estimate of drug-likeness (QED) is 0.540. The van der Waals surface area contributed by atoms with Crippen LogP contribution in [0, 0.1) is 5.95 Å². The number of H-pyrrole nitrogens is 1. The fraction of sp³-hybridized carbons (Fsp3) is 0. The minimum atomic E-state index is -0.480. The minimum absolute atomic E-state index is 0.336. The van der Waals surface area contributed by atoms with E-state index < -0.39 is 5.95 Å². The van der Waals surface area contributed by atoms with Crippen molar-refractivity contribution in [2.45, 2.75) is 0 Å². The van der Waals surface area contributed by atoms with Gasteiger partial charge < -0.3 is 4.98 Å². The van der Waals surface area contributed by atoms with E-state index in [2.05, 4.69) is 4.98 Å². The van der Waals surface area contributed by atoms with Gasteiger partial charge in [0.25, 0.3) is 0 Å². The molecule has 2 nitrogen and oxygen atoms in total. The Kier molecular flexibility index (Phi) is 1.12. The molecular weight excluding hydrogens is 109 g/mol. The topological polar surface area (TPSA) is 32.9 Å². The van der Waals surface area contributed by atoms with Crippen molar-refractivity contribution >= 4 is 6.29 Å². The van der Waals surface area contributed by atoms with Crippen molar-refractivity contribution in [3.63, 3.8) is 0 Å². The molecule has 0 spiro atoms. The van der Waals surface area contributed by atoms with E-state index in [1.807, 2.05) is 0 Å². The molecule has 0 radical (unpaired) electrons. The summed E-state index contributed by atoms with van der Waals surface area (Å²) in [4.78, 5) is 12.1. The molecule has 0 aliphatic carbocycles. The van der Waals surface area contributed by atoms with Crippen LogP contribution in [0.3, 0.4) is 0 Å². The van der Waals surface area contributed by atoms with E-state index in [9.17, 15) is 9.18 Å². The van der Waals surface area contributed by atoms with E-state index >= 15 is 0 Å². The monoisotopic (exact) mass is 113 g/mol. The number of nitrogens with one attached hydrogen (secondary N) is 1. The first kappa shape index (κ1) is 5.03. The second-order valence-electron chi connectivity index (χ2n) is 1.40. The zero-order valence-electron chi connectivity index (χ0n) is 4.02. The molecule has 0 bridgehead atoms. The maximum Gasteiger partial charge on any atom is 0.191 e. The highest BCUT2D eigenvalue weighted by Crippen LogP contribution is 1.96. The summed E-state index contributed by atoms with van der Waals surface area (Å²) in [5, 5.41) is 0. The second kappa shape index (κ2) is 1.78. The summed E-state index contributed by atoms with van der Waals surface area (Å²) in [5.74, 6) is -0.480. The standard InChI is InChI=1S/C5H4FNO/c6-5-1-4(3-8)2-7-5/h1-3,7H. The first-order valence-corrected chi connectivity index (χ1v) is 2.12. The van der Waals surface area contributed by atoms with Crippen LogP contribution in [0.5, 0.6) is 0 Å². The van der Waals surface area contributed by atoms with Gasteiger partial charge in [-0.05, 0) is 0 Å². The SMILES string of the molecule is O=Cc1c[nH]c(F)c1. The number of aldehydes is 1. The van der Waals surface area contributed by atoms with Crippen molar-refractivity contribution in [1.29, 1.82) is 0 Å². The Morgan fingerprint density at radius 1 is 1.75 bits per heavy atom. The molecule has 1 N–H and O–H groups in total. The number of carbonyl (C=O) groups is 1. The van der Waals surface area contributed by atoms with E-state index in [-0.39, 0.29) is 0 Å². The molecule has 1 aromatic heterocycles. The number of hydrogen-bond donors (Lipinski definition) is 1. The van der Waals surface area contributed by atoms with Crippen LogP contribution < -0.4 is 0 Å². The molecule has 0 aliphatic heterocycles. The molecule has 0 amide bonds. The lowest BCUT2D eigenvalue weighted by atomic mass is 10.4. The molecule has 42 valence electrons. The first-order chi connectivity index (χ1) is 3.83. The fourth-order valence-electron chi connectivity index (χ4n) is 0.450. The predicted molar refractivity (Wildman–Crippen MR) is 26.1 cm³/mol. The molecule has 0 aromatic carbocycles. The number of carbonyl (C=O) groups excluding carboxylic acids is 1. The van der Waals surface area contributed by atoms with Gasteiger partial charge in [-0.1, -0.05) is 0 Å². The number of rotatable bonds is 1. The van der Waals surface area contributed by atoms with Crippen LogP contribution in [0.25, 0.3) is 0 Å². The van der Waals surface area contributed by atoms with Gasteiger partial charge in [0.05, 0.1) is 0 Å². The van der Waals surface area contributed by atoms with E-state index in [0.29, 0.717) is 11.8 Å². The Morgan fingerprint density at radius 3 is 2.75 bits per heavy atom. The molecule has 3 heteroatoms. The van der Waals surface area contributed by atoms with Crippen molar-refractivity contribution in [2.24, 2.45) is 0 Å². The Morgan fingerprint density at radius 2 is 2.50 bits per heavy atom. The third-order valence-corrected chi connectivity index (χ3v) is 0.806. The van der Waals surface area contributed by atoms with Crippen LogP contribution in [0.1, 0.15) is 10.4 Å². The van der Waals surface area contributed by atoms with Gasteiger partial charge in [0.2, 0.25) is 0 Å². The maximum absolute atomic E-state index is 11.9. The molecule has 0 aliphatic rings. The summed E-state index contributed by atoms with van der Waals surface area (Å²) in [6.07, 6.45) is 1.89. The molecule has 0 saturated carbocycles. The average molecular weight is 113 g/mol. The molecule has 0 fully saturated rings. The van der Waals surface area contributed by atoms with E-state index in [1.54, 1.807) is 0 Å². The van der Waals surface area contributed by atoms with Gasteiger partial charge in [-0.25, -0.2) is 0 Å². The molecule has 0 atom stereocenters. The van der Waals surface area contributed by atoms with Crippen LogP contribution in [0.4, 0.5) is 4.39 Å². The third-order valence-electron chi connectivity index (χ3n) is 0.806. The Bertz CT molecular complexity index is 194. The largest absolute Gasteiger partial charge is 0.338 e. The first-order valence-electron chi connectivity index (χ1n) is 2.12. The zero-order valence-corrected chi connectivity index (χ0v) is 4.02. The Balaban J connectivity index is 3.00. The number of aromatic amines is 1. The molecule has 0 unspecified atom stereocenters. The molecule has 8 heavy (non-hydrogen) atoms. The number of halogens is 1. The molecular formula is C5H4FNO. The highest BCUT2D eigenvalue weighted by atomic mass is 19.1. The van der Waals surface area contributed by atoms with Crippen molar-refractivity contribution < 1.29 is 9.18 Å². The van der Waals surface area contributed by atoms with E-state index in [0.717, 1.165) is 6.07 Å². The Labute approximate surface area is 45.3 Å². The van der Waals surface area contributed by atoms with Gasteiger partial charge >= 0.3 is 0 Å². The molecule has 1 heterocycles. The molecule has 0 saturated heterocycles. The lowest BCUT2D eigenvalue weighted by Gasteiger charge is -1.66. The number of hydrogen-bond acceptors (Lipinski definition) is 1. The van der Waals surface area contributed by atoms with Crippen LogP contribution in [-0.4, -0.2) is 11.3 Å². The summed E-state index contributed by atoms with van der Waals surface area (Å²) < 4.78 is 11.9. The van der Waals surface area contributed by atoms with Gasteiger partial charge in [0.1, 0.15) is 0 Å². The summed E-state index contributed by atoms with van der Waals surface area (Å²) in [7, 11) is 0. The van der Waals surface area contributed by atoms with Gasteiger partial charge in [-0.2, -0.15) is 4.39 Å². The average Bonchev–Trinajstić information content (AvgIpc) is 2.14. The molecule has 1 aromatic rings. The van der Waals surface area contributed by atoms with Gasteiger partial charge in [0.15, 0.2) is 12.2 Å². The van der Waals surface area contributed by atoms with Crippen molar-refractivity contribution in [3.8, 4) is 0 Å². The highest BCUT2D eigenvalue weighted by Gasteiger charge is 1.92. The fourth-order valence-corrected chi connectivity index (χ4v) is 0.450. The maximum atomic E-state index is 11.9. The second-order valence-corrected chi connectivity index (χ2v) is 1.40. The zero-order chi connectivity index (χ0) is 5.98. The van der Waals surface area contributed by atoms with Crippen molar-refractivity contribution in [1.82, 2.24) is 4.98 Å². The van der Waals surface area contributed by atoms with Crippen molar-refractivity contribution in [2.75, 3.05) is 0 Å². The molecule has 1 rings (SSSR count). The van der Waals surface area contributed by atoms with Gasteiger partial charge in [-0.3, -0.25) is 4.79 Å².